The van der Waals surface area contributed by atoms with Gasteiger partial charge in [0.15, 0.2) is 0 Å². The van der Waals surface area contributed by atoms with Crippen LogP contribution in [0.1, 0.15) is 55.8 Å². The molecule has 2 aliphatic heterocycles. The van der Waals surface area contributed by atoms with E-state index in [-0.39, 0.29) is 17.6 Å². The number of aliphatic hydroxyl groups is 1. The number of fused-ring (bicyclic) bond motifs is 1. The normalized spacial score (nSPS) is 26.0. The highest BCUT2D eigenvalue weighted by atomic mass is 16.5. The molecule has 3 aliphatic rings. The number of rotatable bonds is 5. The zero-order chi connectivity index (χ0) is 21.2. The zero-order valence-corrected chi connectivity index (χ0v) is 17.7. The number of nitrogens with one attached hydrogen (secondary N) is 1. The summed E-state index contributed by atoms with van der Waals surface area (Å²) in [6, 6.07) is 5.46. The number of anilines is 2. The summed E-state index contributed by atoms with van der Waals surface area (Å²) in [5, 5.41) is 27.1. The quantitative estimate of drug-likeness (QED) is 0.744. The van der Waals surface area contributed by atoms with Crippen molar-refractivity contribution in [3.63, 3.8) is 0 Å². The second kappa shape index (κ2) is 8.92. The van der Waals surface area contributed by atoms with Crippen LogP contribution >= 0.6 is 0 Å². The van der Waals surface area contributed by atoms with Crippen molar-refractivity contribution in [1.82, 2.24) is 20.0 Å². The van der Waals surface area contributed by atoms with Crippen molar-refractivity contribution in [3.8, 4) is 0 Å². The first-order valence-corrected chi connectivity index (χ1v) is 11.4. The number of aliphatic hydroxyl groups excluding tert-OH is 1. The van der Waals surface area contributed by atoms with Crippen molar-refractivity contribution < 1.29 is 9.84 Å². The lowest BCUT2D eigenvalue weighted by atomic mass is 10.0. The molecule has 0 spiro atoms. The molecule has 1 saturated carbocycles. The van der Waals surface area contributed by atoms with Gasteiger partial charge < -0.3 is 20.1 Å². The Bertz CT molecular complexity index is 980. The minimum atomic E-state index is -0.495. The molecule has 5 rings (SSSR count). The van der Waals surface area contributed by atoms with Crippen LogP contribution in [0.25, 0.3) is 0 Å². The van der Waals surface area contributed by atoms with Crippen LogP contribution in [0.2, 0.25) is 0 Å². The van der Waals surface area contributed by atoms with Gasteiger partial charge in [0, 0.05) is 37.2 Å². The molecule has 1 saturated heterocycles. The van der Waals surface area contributed by atoms with Crippen LogP contribution in [0.5, 0.6) is 0 Å². The Balaban J connectivity index is 1.32. The molecule has 166 valence electrons. The molecule has 3 atom stereocenters. The molecule has 2 aromatic rings. The standard InChI is InChI=1S/C22H30N6O3/c29-19-6-3-5-18(19)28-22(30)8-7-21(26-28)27-10-2-1-4-16(27)13-23-20-12-15-14-31-11-9-17(15)24-25-20/h7-8,12,16,18-19,29H,1-6,9-11,13-14H2,(H,23,25). The summed E-state index contributed by atoms with van der Waals surface area (Å²) in [7, 11) is 0. The highest BCUT2D eigenvalue weighted by molar-refractivity contribution is 5.42. The molecule has 0 bridgehead atoms. The van der Waals surface area contributed by atoms with E-state index in [1.54, 1.807) is 6.07 Å². The summed E-state index contributed by atoms with van der Waals surface area (Å²) < 4.78 is 7.03. The third-order valence-corrected chi connectivity index (χ3v) is 6.71. The molecular weight excluding hydrogens is 396 g/mol. The Hall–Kier alpha value is -2.52. The first-order chi connectivity index (χ1) is 15.2. The van der Waals surface area contributed by atoms with Crippen LogP contribution < -0.4 is 15.8 Å². The fraction of sp³-hybridized carbons (Fsp3) is 0.636. The van der Waals surface area contributed by atoms with Gasteiger partial charge in [0.1, 0.15) is 11.6 Å². The number of hydrogen-bond donors (Lipinski definition) is 2. The highest BCUT2D eigenvalue weighted by Crippen LogP contribution is 2.29. The first-order valence-electron chi connectivity index (χ1n) is 11.4. The van der Waals surface area contributed by atoms with Crippen LogP contribution in [-0.4, -0.2) is 56.9 Å². The van der Waals surface area contributed by atoms with E-state index in [1.807, 2.05) is 12.1 Å². The van der Waals surface area contributed by atoms with E-state index in [4.69, 9.17) is 4.74 Å². The van der Waals surface area contributed by atoms with Crippen LogP contribution in [0, 0.1) is 0 Å². The fourth-order valence-electron chi connectivity index (χ4n) is 4.98. The lowest BCUT2D eigenvalue weighted by molar-refractivity contribution is 0.109. The topological polar surface area (TPSA) is 105 Å². The summed E-state index contributed by atoms with van der Waals surface area (Å²) in [5.74, 6) is 1.57. The molecule has 9 nitrogen and oxygen atoms in total. The lowest BCUT2D eigenvalue weighted by Gasteiger charge is -2.37. The van der Waals surface area contributed by atoms with Gasteiger partial charge >= 0.3 is 0 Å². The van der Waals surface area contributed by atoms with Crippen molar-refractivity contribution in [2.75, 3.05) is 29.9 Å². The van der Waals surface area contributed by atoms with E-state index in [1.165, 1.54) is 4.68 Å². The van der Waals surface area contributed by atoms with Crippen molar-refractivity contribution in [1.29, 1.82) is 0 Å². The van der Waals surface area contributed by atoms with E-state index in [2.05, 4.69) is 25.5 Å². The van der Waals surface area contributed by atoms with Crippen molar-refractivity contribution >= 4 is 11.6 Å². The van der Waals surface area contributed by atoms with Gasteiger partial charge in [0.2, 0.25) is 0 Å². The Morgan fingerprint density at radius 3 is 2.97 bits per heavy atom. The van der Waals surface area contributed by atoms with E-state index >= 15 is 0 Å². The highest BCUT2D eigenvalue weighted by Gasteiger charge is 2.30. The molecule has 2 aromatic heterocycles. The van der Waals surface area contributed by atoms with Crippen LogP contribution in [-0.2, 0) is 17.8 Å². The number of piperidine rings is 1. The minimum Gasteiger partial charge on any atom is -0.391 e. The molecule has 4 heterocycles. The molecule has 3 unspecified atom stereocenters. The number of aromatic nitrogens is 4. The summed E-state index contributed by atoms with van der Waals surface area (Å²) in [5.41, 5.74) is 1.98. The minimum absolute atomic E-state index is 0.145. The van der Waals surface area contributed by atoms with Crippen LogP contribution in [0.4, 0.5) is 11.6 Å². The number of ether oxygens (including phenoxy) is 1. The second-order valence-corrected chi connectivity index (χ2v) is 8.77. The summed E-state index contributed by atoms with van der Waals surface area (Å²) in [6.45, 7) is 2.92. The predicted molar refractivity (Wildman–Crippen MR) is 116 cm³/mol. The molecule has 0 amide bonds. The number of nitrogens with zero attached hydrogens (tertiary/aromatic N) is 5. The monoisotopic (exact) mass is 426 g/mol. The van der Waals surface area contributed by atoms with Gasteiger partial charge in [-0.15, -0.1) is 5.10 Å². The van der Waals surface area contributed by atoms with Gasteiger partial charge in [-0.2, -0.15) is 10.2 Å². The van der Waals surface area contributed by atoms with Crippen molar-refractivity contribution in [3.05, 3.63) is 39.8 Å². The third-order valence-electron chi connectivity index (χ3n) is 6.71. The summed E-state index contributed by atoms with van der Waals surface area (Å²) in [6.07, 6.45) is 6.07. The van der Waals surface area contributed by atoms with Gasteiger partial charge in [0.25, 0.3) is 5.56 Å². The van der Waals surface area contributed by atoms with Crippen LogP contribution in [0.15, 0.2) is 23.0 Å². The third kappa shape index (κ3) is 4.29. The average molecular weight is 427 g/mol. The molecule has 1 aliphatic carbocycles. The molecule has 9 heteroatoms. The lowest BCUT2D eigenvalue weighted by Crippen LogP contribution is -2.45. The van der Waals surface area contributed by atoms with Crippen LogP contribution in [0.3, 0.4) is 0 Å². The maximum atomic E-state index is 12.4. The van der Waals surface area contributed by atoms with Gasteiger partial charge in [0.05, 0.1) is 31.1 Å². The first kappa shape index (κ1) is 20.4. The van der Waals surface area contributed by atoms with E-state index in [0.29, 0.717) is 13.2 Å². The SMILES string of the molecule is O=c1ccc(N2CCCCC2CNc2cc3c(nn2)CCOC3)nn1C1CCCC1O. The fourth-order valence-corrected chi connectivity index (χ4v) is 4.98. The Morgan fingerprint density at radius 1 is 1.16 bits per heavy atom. The van der Waals surface area contributed by atoms with Crippen molar-refractivity contribution in [2.45, 2.75) is 69.7 Å². The maximum absolute atomic E-state index is 12.4. The smallest absolute Gasteiger partial charge is 0.267 e. The van der Waals surface area contributed by atoms with Gasteiger partial charge in [-0.05, 0) is 50.7 Å². The van der Waals surface area contributed by atoms with E-state index < -0.39 is 6.10 Å². The molecule has 2 N–H and O–H groups in total. The van der Waals surface area contributed by atoms with E-state index in [0.717, 1.165) is 80.9 Å². The predicted octanol–water partition coefficient (Wildman–Crippen LogP) is 1.66. The maximum Gasteiger partial charge on any atom is 0.267 e. The zero-order valence-electron chi connectivity index (χ0n) is 17.7. The Kier molecular flexibility index (Phi) is 5.87. The molecule has 0 radical (unpaired) electrons. The van der Waals surface area contributed by atoms with Gasteiger partial charge in [-0.1, -0.05) is 0 Å². The summed E-state index contributed by atoms with van der Waals surface area (Å²) >= 11 is 0. The molecule has 0 aromatic carbocycles. The van der Waals surface area contributed by atoms with E-state index in [9.17, 15) is 9.90 Å². The number of hydrogen-bond acceptors (Lipinski definition) is 8. The molecular formula is C22H30N6O3. The largest absolute Gasteiger partial charge is 0.391 e. The van der Waals surface area contributed by atoms with Gasteiger partial charge in [-0.25, -0.2) is 4.68 Å². The van der Waals surface area contributed by atoms with Gasteiger partial charge in [-0.3, -0.25) is 4.79 Å². The Labute approximate surface area is 181 Å². The summed E-state index contributed by atoms with van der Waals surface area (Å²) in [4.78, 5) is 14.7. The average Bonchev–Trinajstić information content (AvgIpc) is 3.24. The Morgan fingerprint density at radius 2 is 2.10 bits per heavy atom. The molecule has 2 fully saturated rings. The molecule has 31 heavy (non-hydrogen) atoms. The van der Waals surface area contributed by atoms with Crippen molar-refractivity contribution in [2.24, 2.45) is 0 Å². The second-order valence-electron chi connectivity index (χ2n) is 8.77.